The van der Waals surface area contributed by atoms with Crippen LogP contribution in [0.3, 0.4) is 0 Å². The van der Waals surface area contributed by atoms with E-state index in [1.165, 1.54) is 12.1 Å². The van der Waals surface area contributed by atoms with Crippen LogP contribution in [0.25, 0.3) is 0 Å². The van der Waals surface area contributed by atoms with E-state index in [-0.39, 0.29) is 37.9 Å². The zero-order chi connectivity index (χ0) is 19.4. The largest absolute Gasteiger partial charge is 0.488 e. The van der Waals surface area contributed by atoms with Crippen molar-refractivity contribution in [3.05, 3.63) is 58.1 Å². The first-order chi connectivity index (χ1) is 13.0. The summed E-state index contributed by atoms with van der Waals surface area (Å²) in [5.74, 6) is -0.575. The van der Waals surface area contributed by atoms with Crippen molar-refractivity contribution in [3.63, 3.8) is 0 Å². The van der Waals surface area contributed by atoms with Gasteiger partial charge >= 0.3 is 5.97 Å². The van der Waals surface area contributed by atoms with Crippen LogP contribution < -0.4 is 9.64 Å². The molecule has 6 nitrogen and oxygen atoms in total. The second kappa shape index (κ2) is 8.41. The maximum absolute atomic E-state index is 12.1. The van der Waals surface area contributed by atoms with Crippen LogP contribution in [0.5, 0.6) is 5.75 Å². The van der Waals surface area contributed by atoms with Gasteiger partial charge in [0.25, 0.3) is 0 Å². The van der Waals surface area contributed by atoms with Crippen molar-refractivity contribution in [2.24, 2.45) is 0 Å². The third-order valence-electron chi connectivity index (χ3n) is 3.88. The molecular formula is C19H15Cl2NO5. The van der Waals surface area contributed by atoms with Crippen LogP contribution in [0, 0.1) is 0 Å². The summed E-state index contributed by atoms with van der Waals surface area (Å²) in [6, 6.07) is 10.9. The van der Waals surface area contributed by atoms with Crippen LogP contribution in [0.4, 0.5) is 5.69 Å². The van der Waals surface area contributed by atoms with Crippen LogP contribution >= 0.6 is 23.2 Å². The molecule has 2 aromatic rings. The Morgan fingerprint density at radius 1 is 0.963 bits per heavy atom. The number of carbonyl (C=O) groups is 3. The Kier molecular flexibility index (Phi) is 5.98. The summed E-state index contributed by atoms with van der Waals surface area (Å²) in [4.78, 5) is 36.6. The molecule has 8 heteroatoms. The van der Waals surface area contributed by atoms with Crippen molar-refractivity contribution < 1.29 is 23.9 Å². The number of nitrogens with zero attached hydrogens (tertiary/aromatic N) is 1. The number of imide groups is 1. The molecule has 0 atom stereocenters. The maximum Gasteiger partial charge on any atom is 0.338 e. The number of amides is 2. The van der Waals surface area contributed by atoms with Crippen molar-refractivity contribution in [2.45, 2.75) is 12.8 Å². The first-order valence-electron chi connectivity index (χ1n) is 8.16. The summed E-state index contributed by atoms with van der Waals surface area (Å²) in [6.07, 6.45) is 0.417. The number of halogens is 2. The summed E-state index contributed by atoms with van der Waals surface area (Å²) in [7, 11) is 0. The molecule has 0 saturated carbocycles. The normalized spacial score (nSPS) is 13.8. The van der Waals surface area contributed by atoms with Crippen LogP contribution in [0.2, 0.25) is 10.0 Å². The number of carbonyl (C=O) groups excluding carboxylic acids is 3. The molecule has 27 heavy (non-hydrogen) atoms. The number of ether oxygens (including phenoxy) is 2. The Labute approximate surface area is 165 Å². The monoisotopic (exact) mass is 407 g/mol. The fourth-order valence-corrected chi connectivity index (χ4v) is 3.04. The minimum Gasteiger partial charge on any atom is -0.488 e. The lowest BCUT2D eigenvalue weighted by Crippen LogP contribution is -2.28. The molecule has 1 aliphatic rings. The van der Waals surface area contributed by atoms with E-state index in [4.69, 9.17) is 32.7 Å². The highest BCUT2D eigenvalue weighted by Crippen LogP contribution is 2.27. The minimum atomic E-state index is -0.536. The summed E-state index contributed by atoms with van der Waals surface area (Å²) in [5.41, 5.74) is 0.752. The summed E-state index contributed by atoms with van der Waals surface area (Å²) in [5, 5.41) is 0.870. The Balaban J connectivity index is 1.51. The number of benzene rings is 2. The lowest BCUT2D eigenvalue weighted by molar-refractivity contribution is -0.121. The number of hydrogen-bond donors (Lipinski definition) is 0. The number of esters is 1. The van der Waals surface area contributed by atoms with Gasteiger partial charge in [0.1, 0.15) is 19.0 Å². The van der Waals surface area contributed by atoms with Crippen LogP contribution in [-0.2, 0) is 14.3 Å². The van der Waals surface area contributed by atoms with Crippen molar-refractivity contribution in [1.82, 2.24) is 0 Å². The summed E-state index contributed by atoms with van der Waals surface area (Å²) < 4.78 is 10.6. The first-order valence-corrected chi connectivity index (χ1v) is 8.92. The number of rotatable bonds is 6. The summed E-state index contributed by atoms with van der Waals surface area (Å²) in [6.45, 7) is 0.157. The maximum atomic E-state index is 12.1. The molecule has 1 aliphatic heterocycles. The van der Waals surface area contributed by atoms with Gasteiger partial charge in [-0.2, -0.15) is 0 Å². The van der Waals surface area contributed by atoms with E-state index in [0.717, 1.165) is 4.90 Å². The van der Waals surface area contributed by atoms with Gasteiger partial charge in [-0.25, -0.2) is 4.79 Å². The lowest BCUT2D eigenvalue weighted by Gasteiger charge is -2.14. The minimum absolute atomic E-state index is 0.0304. The third kappa shape index (κ3) is 4.59. The molecule has 0 aliphatic carbocycles. The molecule has 0 unspecified atom stereocenters. The highest BCUT2D eigenvalue weighted by Gasteiger charge is 2.30. The van der Waals surface area contributed by atoms with E-state index in [2.05, 4.69) is 0 Å². The van der Waals surface area contributed by atoms with Crippen molar-refractivity contribution >= 4 is 46.7 Å². The summed E-state index contributed by atoms with van der Waals surface area (Å²) >= 11 is 11.8. The molecule has 0 radical (unpaired) electrons. The van der Waals surface area contributed by atoms with Gasteiger partial charge in [-0.15, -0.1) is 0 Å². The Bertz CT molecular complexity index is 866. The van der Waals surface area contributed by atoms with Gasteiger partial charge in [0.05, 0.1) is 16.3 Å². The van der Waals surface area contributed by atoms with Crippen molar-refractivity contribution in [1.29, 1.82) is 0 Å². The topological polar surface area (TPSA) is 72.9 Å². The van der Waals surface area contributed by atoms with Crippen molar-refractivity contribution in [2.75, 3.05) is 18.1 Å². The van der Waals surface area contributed by atoms with E-state index in [1.807, 2.05) is 0 Å². The van der Waals surface area contributed by atoms with Gasteiger partial charge in [0.15, 0.2) is 0 Å². The molecule has 3 rings (SSSR count). The number of hydrogen-bond acceptors (Lipinski definition) is 5. The molecule has 0 bridgehead atoms. The van der Waals surface area contributed by atoms with E-state index in [0.29, 0.717) is 27.0 Å². The molecule has 0 spiro atoms. The standard InChI is InChI=1S/C19H15Cl2NO5/c20-13-3-6-16(15(21)11-13)26-9-10-27-19(25)12-1-4-14(5-2-12)22-17(23)7-8-18(22)24/h1-6,11H,7-10H2. The highest BCUT2D eigenvalue weighted by molar-refractivity contribution is 6.35. The molecule has 0 aromatic heterocycles. The van der Waals surface area contributed by atoms with E-state index >= 15 is 0 Å². The van der Waals surface area contributed by atoms with Gasteiger partial charge in [0, 0.05) is 17.9 Å². The van der Waals surface area contributed by atoms with Crippen molar-refractivity contribution in [3.8, 4) is 5.75 Å². The second-order valence-electron chi connectivity index (χ2n) is 5.73. The van der Waals surface area contributed by atoms with Crippen LogP contribution in [0.1, 0.15) is 23.2 Å². The first kappa shape index (κ1) is 19.2. The van der Waals surface area contributed by atoms with E-state index < -0.39 is 5.97 Å². The van der Waals surface area contributed by atoms with E-state index in [9.17, 15) is 14.4 Å². The molecule has 140 valence electrons. The zero-order valence-electron chi connectivity index (χ0n) is 14.1. The average molecular weight is 408 g/mol. The van der Waals surface area contributed by atoms with Gasteiger partial charge in [-0.1, -0.05) is 23.2 Å². The Morgan fingerprint density at radius 2 is 1.63 bits per heavy atom. The predicted octanol–water partition coefficient (Wildman–Crippen LogP) is 3.88. The van der Waals surface area contributed by atoms with Crippen LogP contribution in [0.15, 0.2) is 42.5 Å². The van der Waals surface area contributed by atoms with Crippen LogP contribution in [-0.4, -0.2) is 31.0 Å². The SMILES string of the molecule is O=C(OCCOc1ccc(Cl)cc1Cl)c1ccc(N2C(=O)CCC2=O)cc1. The molecule has 1 fully saturated rings. The average Bonchev–Trinajstić information content (AvgIpc) is 2.98. The van der Waals surface area contributed by atoms with Gasteiger partial charge in [0.2, 0.25) is 11.8 Å². The Morgan fingerprint density at radius 3 is 2.26 bits per heavy atom. The van der Waals surface area contributed by atoms with E-state index in [1.54, 1.807) is 30.3 Å². The van der Waals surface area contributed by atoms with Gasteiger partial charge in [-0.05, 0) is 42.5 Å². The Hall–Kier alpha value is -2.57. The fraction of sp³-hybridized carbons (Fsp3) is 0.211. The molecule has 1 saturated heterocycles. The molecule has 2 amide bonds. The fourth-order valence-electron chi connectivity index (χ4n) is 2.57. The lowest BCUT2D eigenvalue weighted by atomic mass is 10.2. The smallest absolute Gasteiger partial charge is 0.338 e. The number of anilines is 1. The molecule has 1 heterocycles. The third-order valence-corrected chi connectivity index (χ3v) is 4.41. The molecule has 0 N–H and O–H groups in total. The zero-order valence-corrected chi connectivity index (χ0v) is 15.6. The molecule has 2 aromatic carbocycles. The predicted molar refractivity (Wildman–Crippen MR) is 100 cm³/mol. The second-order valence-corrected chi connectivity index (χ2v) is 6.57. The molecular weight excluding hydrogens is 393 g/mol. The van der Waals surface area contributed by atoms with Gasteiger partial charge < -0.3 is 9.47 Å². The highest BCUT2D eigenvalue weighted by atomic mass is 35.5. The van der Waals surface area contributed by atoms with Gasteiger partial charge in [-0.3, -0.25) is 14.5 Å². The quantitative estimate of drug-likeness (QED) is 0.412.